The Bertz CT molecular complexity index is 1000. The SMILES string of the molecule is CCCCCCN(c1cccc(OC)c1)S(=O)(=O)c1ccc(C#N)c(C#N)c1. The molecule has 6 nitrogen and oxygen atoms in total. The van der Waals surface area contributed by atoms with Crippen molar-refractivity contribution in [2.24, 2.45) is 0 Å². The molecule has 0 unspecified atom stereocenters. The molecule has 0 spiro atoms. The zero-order chi connectivity index (χ0) is 20.6. The Morgan fingerprint density at radius 2 is 1.75 bits per heavy atom. The highest BCUT2D eigenvalue weighted by atomic mass is 32.2. The minimum absolute atomic E-state index is 0.0126. The molecule has 2 rings (SSSR count). The van der Waals surface area contributed by atoms with Crippen molar-refractivity contribution in [3.05, 3.63) is 53.6 Å². The third-order valence-corrected chi connectivity index (χ3v) is 6.20. The maximum atomic E-state index is 13.4. The quantitative estimate of drug-likeness (QED) is 0.591. The molecule has 0 atom stereocenters. The second-order valence-corrected chi connectivity index (χ2v) is 8.13. The van der Waals surface area contributed by atoms with E-state index >= 15 is 0 Å². The lowest BCUT2D eigenvalue weighted by atomic mass is 10.1. The Morgan fingerprint density at radius 3 is 2.39 bits per heavy atom. The van der Waals surface area contributed by atoms with Gasteiger partial charge in [0.15, 0.2) is 0 Å². The molecule has 2 aromatic carbocycles. The fourth-order valence-electron chi connectivity index (χ4n) is 2.84. The van der Waals surface area contributed by atoms with Crippen LogP contribution >= 0.6 is 0 Å². The third-order valence-electron chi connectivity index (χ3n) is 4.38. The zero-order valence-electron chi connectivity index (χ0n) is 16.1. The molecule has 0 aliphatic rings. The predicted octanol–water partition coefficient (Wildman–Crippen LogP) is 4.21. The normalized spacial score (nSPS) is 10.7. The number of methoxy groups -OCH3 is 1. The van der Waals surface area contributed by atoms with E-state index in [1.165, 1.54) is 29.6 Å². The topological polar surface area (TPSA) is 94.2 Å². The molecule has 28 heavy (non-hydrogen) atoms. The van der Waals surface area contributed by atoms with E-state index in [0.717, 1.165) is 19.3 Å². The summed E-state index contributed by atoms with van der Waals surface area (Å²) in [6, 6.07) is 14.7. The fraction of sp³-hybridized carbons (Fsp3) is 0.333. The van der Waals surface area contributed by atoms with Crippen molar-refractivity contribution >= 4 is 15.7 Å². The van der Waals surface area contributed by atoms with Gasteiger partial charge in [0.05, 0.1) is 28.8 Å². The van der Waals surface area contributed by atoms with Crippen molar-refractivity contribution in [3.8, 4) is 17.9 Å². The molecule has 0 N–H and O–H groups in total. The lowest BCUT2D eigenvalue weighted by molar-refractivity contribution is 0.415. The van der Waals surface area contributed by atoms with E-state index in [-0.39, 0.29) is 16.0 Å². The summed E-state index contributed by atoms with van der Waals surface area (Å²) in [5.74, 6) is 0.559. The summed E-state index contributed by atoms with van der Waals surface area (Å²) >= 11 is 0. The van der Waals surface area contributed by atoms with Crippen LogP contribution in [-0.2, 0) is 10.0 Å². The minimum Gasteiger partial charge on any atom is -0.497 e. The van der Waals surface area contributed by atoms with Gasteiger partial charge in [0.1, 0.15) is 17.9 Å². The van der Waals surface area contributed by atoms with Gasteiger partial charge in [0.2, 0.25) is 0 Å². The monoisotopic (exact) mass is 397 g/mol. The Hall–Kier alpha value is -3.03. The summed E-state index contributed by atoms with van der Waals surface area (Å²) in [7, 11) is -2.38. The van der Waals surface area contributed by atoms with E-state index in [1.807, 2.05) is 12.1 Å². The molecule has 0 saturated heterocycles. The van der Waals surface area contributed by atoms with Crippen molar-refractivity contribution in [1.82, 2.24) is 0 Å². The molecule has 0 heterocycles. The second kappa shape index (κ2) is 9.77. The summed E-state index contributed by atoms with van der Waals surface area (Å²) < 4.78 is 33.3. The maximum Gasteiger partial charge on any atom is 0.264 e. The highest BCUT2D eigenvalue weighted by Crippen LogP contribution is 2.28. The Balaban J connectivity index is 2.48. The lowest BCUT2D eigenvalue weighted by Crippen LogP contribution is -2.32. The minimum atomic E-state index is -3.91. The van der Waals surface area contributed by atoms with Crippen LogP contribution in [0.2, 0.25) is 0 Å². The first-order valence-corrected chi connectivity index (χ1v) is 10.5. The van der Waals surface area contributed by atoms with Gasteiger partial charge < -0.3 is 4.74 Å². The van der Waals surface area contributed by atoms with Gasteiger partial charge >= 0.3 is 0 Å². The van der Waals surface area contributed by atoms with Gasteiger partial charge in [-0.05, 0) is 36.8 Å². The van der Waals surface area contributed by atoms with Crippen LogP contribution < -0.4 is 9.04 Å². The van der Waals surface area contributed by atoms with Crippen LogP contribution in [0.15, 0.2) is 47.4 Å². The van der Waals surface area contributed by atoms with Crippen molar-refractivity contribution in [2.75, 3.05) is 18.0 Å². The standard InChI is InChI=1S/C21H23N3O3S/c1-3-4-5-6-12-24(19-8-7-9-20(14-19)27-2)28(25,26)21-11-10-17(15-22)18(13-21)16-23/h7-11,13-14H,3-6,12H2,1-2H3. The molecule has 0 amide bonds. The van der Waals surface area contributed by atoms with Crippen molar-refractivity contribution in [3.63, 3.8) is 0 Å². The molecule has 7 heteroatoms. The van der Waals surface area contributed by atoms with E-state index in [0.29, 0.717) is 24.4 Å². The number of anilines is 1. The van der Waals surface area contributed by atoms with Crippen LogP contribution in [0.3, 0.4) is 0 Å². The molecule has 0 fully saturated rings. The molecular formula is C21H23N3O3S. The number of unbranched alkanes of at least 4 members (excludes halogenated alkanes) is 3. The van der Waals surface area contributed by atoms with Gasteiger partial charge in [0.25, 0.3) is 10.0 Å². The van der Waals surface area contributed by atoms with Gasteiger partial charge in [-0.25, -0.2) is 8.42 Å². The second-order valence-electron chi connectivity index (χ2n) is 6.27. The number of sulfonamides is 1. The van der Waals surface area contributed by atoms with Gasteiger partial charge in [-0.15, -0.1) is 0 Å². The number of nitriles is 2. The maximum absolute atomic E-state index is 13.4. The summed E-state index contributed by atoms with van der Waals surface area (Å²) in [6.07, 6.45) is 3.71. The van der Waals surface area contributed by atoms with Crippen LogP contribution in [-0.4, -0.2) is 22.1 Å². The Morgan fingerprint density at radius 1 is 1.00 bits per heavy atom. The van der Waals surface area contributed by atoms with Gasteiger partial charge in [-0.1, -0.05) is 32.3 Å². The molecule has 2 aromatic rings. The average molecular weight is 398 g/mol. The first-order valence-electron chi connectivity index (χ1n) is 9.09. The number of nitrogens with zero attached hydrogens (tertiary/aromatic N) is 3. The smallest absolute Gasteiger partial charge is 0.264 e. The van der Waals surface area contributed by atoms with E-state index in [9.17, 15) is 13.7 Å². The molecule has 0 aliphatic heterocycles. The molecular weight excluding hydrogens is 374 g/mol. The van der Waals surface area contributed by atoms with E-state index in [2.05, 4.69) is 6.92 Å². The molecule has 0 saturated carbocycles. The number of rotatable bonds is 9. The van der Waals surface area contributed by atoms with E-state index in [1.54, 1.807) is 24.3 Å². The van der Waals surface area contributed by atoms with Crippen LogP contribution in [0.1, 0.15) is 43.7 Å². The third kappa shape index (κ3) is 4.82. The highest BCUT2D eigenvalue weighted by molar-refractivity contribution is 7.92. The Kier molecular flexibility index (Phi) is 7.43. The van der Waals surface area contributed by atoms with Crippen molar-refractivity contribution in [2.45, 2.75) is 37.5 Å². The van der Waals surface area contributed by atoms with Gasteiger partial charge in [-0.2, -0.15) is 10.5 Å². The molecule has 0 radical (unpaired) electrons. The summed E-state index contributed by atoms with van der Waals surface area (Å²) in [5, 5.41) is 18.3. The number of ether oxygens (including phenoxy) is 1. The number of hydrogen-bond donors (Lipinski definition) is 0. The van der Waals surface area contributed by atoms with Crippen LogP contribution in [0.5, 0.6) is 5.75 Å². The van der Waals surface area contributed by atoms with E-state index in [4.69, 9.17) is 10.00 Å². The van der Waals surface area contributed by atoms with Crippen molar-refractivity contribution < 1.29 is 13.2 Å². The first-order chi connectivity index (χ1) is 13.5. The van der Waals surface area contributed by atoms with Crippen LogP contribution in [0.4, 0.5) is 5.69 Å². The largest absolute Gasteiger partial charge is 0.497 e. The highest BCUT2D eigenvalue weighted by Gasteiger charge is 2.26. The lowest BCUT2D eigenvalue weighted by Gasteiger charge is -2.25. The molecule has 0 aliphatic carbocycles. The number of benzene rings is 2. The molecule has 146 valence electrons. The first kappa shape index (κ1) is 21.3. The van der Waals surface area contributed by atoms with Crippen molar-refractivity contribution in [1.29, 1.82) is 10.5 Å². The molecule has 0 bridgehead atoms. The molecule has 0 aromatic heterocycles. The number of hydrogen-bond acceptors (Lipinski definition) is 5. The summed E-state index contributed by atoms with van der Waals surface area (Å²) in [5.41, 5.74) is 0.691. The summed E-state index contributed by atoms with van der Waals surface area (Å²) in [6.45, 7) is 2.41. The van der Waals surface area contributed by atoms with Crippen LogP contribution in [0, 0.1) is 22.7 Å². The Labute approximate surface area is 166 Å². The van der Waals surface area contributed by atoms with E-state index < -0.39 is 10.0 Å². The van der Waals surface area contributed by atoms with Gasteiger partial charge in [-0.3, -0.25) is 4.31 Å². The summed E-state index contributed by atoms with van der Waals surface area (Å²) in [4.78, 5) is -0.0126. The average Bonchev–Trinajstić information content (AvgIpc) is 2.72. The predicted molar refractivity (Wildman–Crippen MR) is 108 cm³/mol. The van der Waals surface area contributed by atoms with Crippen LogP contribution in [0.25, 0.3) is 0 Å². The fourth-order valence-corrected chi connectivity index (χ4v) is 4.36. The van der Waals surface area contributed by atoms with Gasteiger partial charge in [0, 0.05) is 12.6 Å². The zero-order valence-corrected chi connectivity index (χ0v) is 16.9.